The Balaban J connectivity index is 1.17. The molecule has 0 bridgehead atoms. The molecule has 2 N–H and O–H groups in total. The quantitative estimate of drug-likeness (QED) is 0.410. The molecule has 0 aliphatic heterocycles. The number of benzene rings is 2. The van der Waals surface area contributed by atoms with E-state index < -0.39 is 0 Å². The summed E-state index contributed by atoms with van der Waals surface area (Å²) in [6.45, 7) is -0.111. The molecule has 6 rings (SSSR count). The number of ether oxygens (including phenoxy) is 2. The number of H-pyrrole nitrogens is 1. The Labute approximate surface area is 202 Å². The molecule has 0 radical (unpaired) electrons. The summed E-state index contributed by atoms with van der Waals surface area (Å²) in [5, 5.41) is 5.23. The first-order valence-corrected chi connectivity index (χ1v) is 12.3. The Morgan fingerprint density at radius 1 is 1.00 bits per heavy atom. The maximum absolute atomic E-state index is 12.8. The third-order valence-electron chi connectivity index (χ3n) is 7.31. The summed E-state index contributed by atoms with van der Waals surface area (Å²) in [5.74, 6) is 1.14. The number of hydrogen-bond donors (Lipinski definition) is 2. The van der Waals surface area contributed by atoms with Crippen LogP contribution in [0, 0.1) is 0 Å². The van der Waals surface area contributed by atoms with Gasteiger partial charge >= 0.3 is 5.63 Å². The molecule has 1 unspecified atom stereocenters. The lowest BCUT2D eigenvalue weighted by Gasteiger charge is -2.24. The van der Waals surface area contributed by atoms with E-state index >= 15 is 0 Å². The van der Waals surface area contributed by atoms with E-state index in [2.05, 4.69) is 10.3 Å². The Kier molecular flexibility index (Phi) is 5.47. The normalized spacial score (nSPS) is 17.1. The van der Waals surface area contributed by atoms with E-state index in [9.17, 15) is 9.59 Å². The number of hydrogen-bond acceptors (Lipinski definition) is 5. The molecule has 7 nitrogen and oxygen atoms in total. The number of fused-ring (bicyclic) bond motifs is 6. The van der Waals surface area contributed by atoms with Gasteiger partial charge in [0.05, 0.1) is 13.2 Å². The van der Waals surface area contributed by atoms with Gasteiger partial charge in [-0.05, 0) is 86.4 Å². The minimum absolute atomic E-state index is 0.0885. The molecule has 7 heteroatoms. The topological polar surface area (TPSA) is 93.6 Å². The van der Waals surface area contributed by atoms with Crippen molar-refractivity contribution in [2.75, 3.05) is 13.7 Å². The van der Waals surface area contributed by atoms with Crippen LogP contribution in [-0.4, -0.2) is 24.6 Å². The van der Waals surface area contributed by atoms with Crippen LogP contribution in [0.3, 0.4) is 0 Å². The largest absolute Gasteiger partial charge is 0.497 e. The molecular weight excluding hydrogens is 444 g/mol. The third kappa shape index (κ3) is 3.95. The molecule has 180 valence electrons. The second kappa shape index (κ2) is 8.80. The third-order valence-corrected chi connectivity index (χ3v) is 7.31. The van der Waals surface area contributed by atoms with E-state index in [0.717, 1.165) is 83.8 Å². The van der Waals surface area contributed by atoms with Gasteiger partial charge in [0.15, 0.2) is 6.61 Å². The van der Waals surface area contributed by atoms with Crippen LogP contribution in [-0.2, 0) is 24.1 Å². The average molecular weight is 473 g/mol. The van der Waals surface area contributed by atoms with Crippen molar-refractivity contribution in [3.05, 3.63) is 69.2 Å². The smallest absolute Gasteiger partial charge is 0.339 e. The van der Waals surface area contributed by atoms with E-state index in [1.807, 2.05) is 30.3 Å². The Bertz CT molecular complexity index is 1500. The summed E-state index contributed by atoms with van der Waals surface area (Å²) in [4.78, 5) is 28.7. The number of aryl methyl sites for hydroxylation is 2. The lowest BCUT2D eigenvalue weighted by Crippen LogP contribution is -2.34. The molecule has 2 aromatic heterocycles. The highest BCUT2D eigenvalue weighted by Gasteiger charge is 2.26. The number of carbonyl (C=O) groups is 1. The van der Waals surface area contributed by atoms with Crippen molar-refractivity contribution in [2.24, 2.45) is 0 Å². The molecule has 0 saturated carbocycles. The molecule has 35 heavy (non-hydrogen) atoms. The summed E-state index contributed by atoms with van der Waals surface area (Å²) in [5.41, 5.74) is 5.50. The number of rotatable bonds is 5. The van der Waals surface area contributed by atoms with Gasteiger partial charge in [0.1, 0.15) is 17.1 Å². The van der Waals surface area contributed by atoms with Crippen molar-refractivity contribution in [3.63, 3.8) is 0 Å². The fraction of sp³-hybridized carbons (Fsp3) is 0.357. The lowest BCUT2D eigenvalue weighted by molar-refractivity contribution is -0.124. The van der Waals surface area contributed by atoms with Gasteiger partial charge in [-0.1, -0.05) is 0 Å². The molecule has 2 heterocycles. The Morgan fingerprint density at radius 2 is 1.80 bits per heavy atom. The van der Waals surface area contributed by atoms with Crippen LogP contribution in [0.5, 0.6) is 11.5 Å². The van der Waals surface area contributed by atoms with Crippen LogP contribution < -0.4 is 20.4 Å². The van der Waals surface area contributed by atoms with E-state index in [1.165, 1.54) is 5.56 Å². The molecule has 2 aliphatic rings. The van der Waals surface area contributed by atoms with Gasteiger partial charge in [0.2, 0.25) is 0 Å². The Hall–Kier alpha value is -3.74. The van der Waals surface area contributed by atoms with Gasteiger partial charge in [0.25, 0.3) is 5.91 Å². The number of aromatic nitrogens is 1. The second-order valence-electron chi connectivity index (χ2n) is 9.44. The summed E-state index contributed by atoms with van der Waals surface area (Å²) in [7, 11) is 1.67. The maximum atomic E-state index is 12.8. The molecule has 0 spiro atoms. The maximum Gasteiger partial charge on any atom is 0.339 e. The van der Waals surface area contributed by atoms with E-state index in [4.69, 9.17) is 13.9 Å². The van der Waals surface area contributed by atoms with Gasteiger partial charge in [-0.25, -0.2) is 4.79 Å². The molecule has 4 aromatic rings. The zero-order valence-corrected chi connectivity index (χ0v) is 19.7. The summed E-state index contributed by atoms with van der Waals surface area (Å²) in [6.07, 6.45) is 6.61. The van der Waals surface area contributed by atoms with Crippen LogP contribution in [0.1, 0.15) is 54.1 Å². The highest BCUT2D eigenvalue weighted by molar-refractivity contribution is 5.87. The first kappa shape index (κ1) is 21.8. The van der Waals surface area contributed by atoms with Gasteiger partial charge in [-0.2, -0.15) is 0 Å². The molecular formula is C28H28N2O5. The van der Waals surface area contributed by atoms with Crippen molar-refractivity contribution in [2.45, 2.75) is 51.0 Å². The van der Waals surface area contributed by atoms with Crippen molar-refractivity contribution in [1.82, 2.24) is 10.3 Å². The number of nitrogens with one attached hydrogen (secondary N) is 2. The minimum atomic E-state index is -0.258. The van der Waals surface area contributed by atoms with Crippen LogP contribution in [0.4, 0.5) is 0 Å². The van der Waals surface area contributed by atoms with Gasteiger partial charge in [-0.3, -0.25) is 4.79 Å². The number of aromatic amines is 1. The summed E-state index contributed by atoms with van der Waals surface area (Å²) < 4.78 is 16.7. The summed E-state index contributed by atoms with van der Waals surface area (Å²) >= 11 is 0. The molecule has 0 fully saturated rings. The highest BCUT2D eigenvalue weighted by atomic mass is 16.5. The minimum Gasteiger partial charge on any atom is -0.497 e. The molecule has 1 atom stereocenters. The fourth-order valence-electron chi connectivity index (χ4n) is 5.61. The first-order valence-electron chi connectivity index (χ1n) is 12.3. The number of amides is 1. The van der Waals surface area contributed by atoms with Gasteiger partial charge in [0, 0.05) is 33.6 Å². The highest BCUT2D eigenvalue weighted by Crippen LogP contribution is 2.36. The van der Waals surface area contributed by atoms with E-state index in [-0.39, 0.29) is 24.2 Å². The number of methoxy groups -OCH3 is 1. The van der Waals surface area contributed by atoms with Crippen LogP contribution in [0.25, 0.3) is 21.9 Å². The van der Waals surface area contributed by atoms with Gasteiger partial charge in [-0.15, -0.1) is 0 Å². The average Bonchev–Trinajstić information content (AvgIpc) is 3.26. The summed E-state index contributed by atoms with van der Waals surface area (Å²) in [6, 6.07) is 11.4. The van der Waals surface area contributed by atoms with Crippen LogP contribution >= 0.6 is 0 Å². The monoisotopic (exact) mass is 472 g/mol. The van der Waals surface area contributed by atoms with E-state index in [1.54, 1.807) is 13.2 Å². The van der Waals surface area contributed by atoms with Crippen LogP contribution in [0.2, 0.25) is 0 Å². The van der Waals surface area contributed by atoms with Crippen molar-refractivity contribution < 1.29 is 18.7 Å². The molecule has 1 amide bonds. The first-order chi connectivity index (χ1) is 17.1. The fourth-order valence-corrected chi connectivity index (χ4v) is 5.61. The van der Waals surface area contributed by atoms with Crippen molar-refractivity contribution in [1.29, 1.82) is 0 Å². The van der Waals surface area contributed by atoms with Crippen LogP contribution in [0.15, 0.2) is 45.6 Å². The predicted octanol–water partition coefficient (Wildman–Crippen LogP) is 4.73. The number of carbonyl (C=O) groups excluding carboxylic acids is 1. The predicted molar refractivity (Wildman–Crippen MR) is 133 cm³/mol. The molecule has 2 aliphatic carbocycles. The second-order valence-corrected chi connectivity index (χ2v) is 9.44. The zero-order valence-electron chi connectivity index (χ0n) is 19.7. The molecule has 0 saturated heterocycles. The lowest BCUT2D eigenvalue weighted by atomic mass is 9.91. The van der Waals surface area contributed by atoms with E-state index in [0.29, 0.717) is 11.3 Å². The standard InChI is InChI=1S/C28H28N2O5/c1-33-16-10-12-23-22(13-16)20-7-4-8-24(27(20)30-23)29-26(31)15-34-17-9-11-19-18-5-2-3-6-21(18)28(32)35-25(19)14-17/h9-14,24,30H,2-8,15H2,1H3,(H,29,31). The SMILES string of the molecule is COc1ccc2[nH]c3c(c2c1)CCCC3NC(=O)COc1ccc2c3c(c(=O)oc2c1)CCCC3. The Morgan fingerprint density at radius 3 is 2.66 bits per heavy atom. The molecule has 2 aromatic carbocycles. The van der Waals surface area contributed by atoms with Crippen molar-refractivity contribution >= 4 is 27.8 Å². The van der Waals surface area contributed by atoms with Gasteiger partial charge < -0.3 is 24.2 Å². The van der Waals surface area contributed by atoms with Crippen molar-refractivity contribution in [3.8, 4) is 11.5 Å². The zero-order chi connectivity index (χ0) is 23.9.